The fourth-order valence-corrected chi connectivity index (χ4v) is 4.95. The lowest BCUT2D eigenvalue weighted by Crippen LogP contribution is -2.33. The quantitative estimate of drug-likeness (QED) is 0.478. The van der Waals surface area contributed by atoms with Crippen LogP contribution in [-0.4, -0.2) is 31.2 Å². The molecule has 0 aliphatic heterocycles. The van der Waals surface area contributed by atoms with E-state index in [2.05, 4.69) is 10.3 Å². The van der Waals surface area contributed by atoms with Crippen molar-refractivity contribution in [2.24, 2.45) is 0 Å². The lowest BCUT2D eigenvalue weighted by molar-refractivity contribution is -0.123. The molecule has 4 rings (SSSR count). The molecule has 28 heavy (non-hydrogen) atoms. The smallest absolute Gasteiger partial charge is 0.258 e. The molecule has 0 spiro atoms. The molecule has 0 fully saturated rings. The summed E-state index contributed by atoms with van der Waals surface area (Å²) < 4.78 is 13.5. The molecule has 0 saturated carbocycles. The zero-order valence-electron chi connectivity index (χ0n) is 15.6. The highest BCUT2D eigenvalue weighted by Gasteiger charge is 2.15. The van der Waals surface area contributed by atoms with Gasteiger partial charge in [-0.1, -0.05) is 30.3 Å². The Kier molecular flexibility index (Phi) is 5.57. The number of methoxy groups -OCH3 is 1. The van der Waals surface area contributed by atoms with E-state index in [4.69, 9.17) is 9.47 Å². The number of aromatic nitrogens is 1. The minimum Gasteiger partial charge on any atom is -0.483 e. The maximum atomic E-state index is 12.3. The van der Waals surface area contributed by atoms with Crippen LogP contribution in [0, 0.1) is 6.92 Å². The van der Waals surface area contributed by atoms with Gasteiger partial charge in [-0.15, -0.1) is 22.7 Å². The first-order valence-corrected chi connectivity index (χ1v) is 10.6. The van der Waals surface area contributed by atoms with E-state index < -0.39 is 0 Å². The lowest BCUT2D eigenvalue weighted by Gasteiger charge is -2.16. The monoisotopic (exact) mass is 412 g/mol. The van der Waals surface area contributed by atoms with Gasteiger partial charge in [0, 0.05) is 25.1 Å². The molecule has 2 aromatic carbocycles. The summed E-state index contributed by atoms with van der Waals surface area (Å²) in [4.78, 5) is 16.9. The standard InChI is InChI=1S/C21H20N2O3S2/c1-13-23-20-18(28-13)10-16(15-8-9-27-21(15)20)26-12-19(24)22-11-17(25-2)14-6-4-3-5-7-14/h3-10,17H,11-12H2,1-2H3,(H,22,24). The van der Waals surface area contributed by atoms with Crippen LogP contribution in [0.4, 0.5) is 0 Å². The van der Waals surface area contributed by atoms with Crippen LogP contribution in [0.1, 0.15) is 16.7 Å². The zero-order valence-corrected chi connectivity index (χ0v) is 17.2. The van der Waals surface area contributed by atoms with Crippen LogP contribution in [0.25, 0.3) is 20.3 Å². The Hall–Kier alpha value is -2.48. The van der Waals surface area contributed by atoms with Crippen LogP contribution < -0.4 is 10.1 Å². The number of nitrogens with one attached hydrogen (secondary N) is 1. The van der Waals surface area contributed by atoms with Gasteiger partial charge in [0.25, 0.3) is 5.91 Å². The highest BCUT2D eigenvalue weighted by molar-refractivity contribution is 7.21. The number of rotatable bonds is 7. The fraction of sp³-hybridized carbons (Fsp3) is 0.238. The predicted molar refractivity (Wildman–Crippen MR) is 114 cm³/mol. The molecule has 4 aromatic rings. The minimum atomic E-state index is -0.190. The van der Waals surface area contributed by atoms with Crippen molar-refractivity contribution < 1.29 is 14.3 Å². The Morgan fingerprint density at radius 2 is 2.07 bits per heavy atom. The van der Waals surface area contributed by atoms with Gasteiger partial charge >= 0.3 is 0 Å². The summed E-state index contributed by atoms with van der Waals surface area (Å²) in [6.07, 6.45) is -0.190. The number of ether oxygens (including phenoxy) is 2. The van der Waals surface area contributed by atoms with E-state index in [1.165, 1.54) is 0 Å². The maximum absolute atomic E-state index is 12.3. The van der Waals surface area contributed by atoms with Gasteiger partial charge in [0.1, 0.15) is 5.75 Å². The first kappa shape index (κ1) is 18.9. The highest BCUT2D eigenvalue weighted by atomic mass is 32.1. The molecule has 1 N–H and O–H groups in total. The maximum Gasteiger partial charge on any atom is 0.258 e. The molecule has 7 heteroatoms. The van der Waals surface area contributed by atoms with Crippen LogP contribution in [0.3, 0.4) is 0 Å². The number of hydrogen-bond donors (Lipinski definition) is 1. The summed E-state index contributed by atoms with van der Waals surface area (Å²) in [6, 6.07) is 13.8. The molecule has 0 radical (unpaired) electrons. The number of nitrogens with zero attached hydrogens (tertiary/aromatic N) is 1. The lowest BCUT2D eigenvalue weighted by atomic mass is 10.1. The number of aryl methyl sites for hydroxylation is 1. The number of thiophene rings is 1. The summed E-state index contributed by atoms with van der Waals surface area (Å²) in [5, 5.41) is 6.93. The average molecular weight is 413 g/mol. The topological polar surface area (TPSA) is 60.5 Å². The molecule has 0 aliphatic rings. The molecule has 0 saturated heterocycles. The van der Waals surface area contributed by atoms with E-state index in [-0.39, 0.29) is 18.6 Å². The van der Waals surface area contributed by atoms with Crippen LogP contribution in [0.2, 0.25) is 0 Å². The second kappa shape index (κ2) is 8.26. The van der Waals surface area contributed by atoms with E-state index in [0.717, 1.165) is 30.9 Å². The minimum absolute atomic E-state index is 0.0422. The Bertz CT molecular complexity index is 1100. The van der Waals surface area contributed by atoms with Gasteiger partial charge in [0.2, 0.25) is 0 Å². The van der Waals surface area contributed by atoms with Crippen molar-refractivity contribution in [2.45, 2.75) is 13.0 Å². The molecule has 2 aromatic heterocycles. The molecule has 1 atom stereocenters. The van der Waals surface area contributed by atoms with Gasteiger partial charge in [-0.05, 0) is 23.9 Å². The Labute approximate surface area is 170 Å². The Morgan fingerprint density at radius 3 is 2.86 bits per heavy atom. The van der Waals surface area contributed by atoms with Crippen molar-refractivity contribution in [3.8, 4) is 5.75 Å². The van der Waals surface area contributed by atoms with Crippen molar-refractivity contribution in [3.05, 3.63) is 58.4 Å². The molecule has 0 aliphatic carbocycles. The largest absolute Gasteiger partial charge is 0.483 e. The summed E-state index contributed by atoms with van der Waals surface area (Å²) in [6.45, 7) is 2.35. The Morgan fingerprint density at radius 1 is 1.25 bits per heavy atom. The van der Waals surface area contributed by atoms with Gasteiger partial charge in [-0.3, -0.25) is 4.79 Å². The predicted octanol–water partition coefficient (Wildman–Crippen LogP) is 4.70. The molecule has 1 amide bonds. The van der Waals surface area contributed by atoms with Gasteiger partial charge in [-0.2, -0.15) is 0 Å². The third kappa shape index (κ3) is 3.87. The van der Waals surface area contributed by atoms with E-state index in [1.54, 1.807) is 29.8 Å². The van der Waals surface area contributed by atoms with Gasteiger partial charge in [0.05, 0.1) is 26.0 Å². The van der Waals surface area contributed by atoms with Crippen LogP contribution in [0.15, 0.2) is 47.8 Å². The fourth-order valence-electron chi connectivity index (χ4n) is 3.11. The second-order valence-corrected chi connectivity index (χ2v) is 8.50. The Balaban J connectivity index is 1.42. The average Bonchev–Trinajstić information content (AvgIpc) is 3.33. The van der Waals surface area contributed by atoms with E-state index in [0.29, 0.717) is 12.3 Å². The second-order valence-electron chi connectivity index (χ2n) is 6.35. The van der Waals surface area contributed by atoms with Crippen LogP contribution in [-0.2, 0) is 9.53 Å². The number of amides is 1. The summed E-state index contributed by atoms with van der Waals surface area (Å²) in [7, 11) is 1.64. The number of carbonyl (C=O) groups excluding carboxylic acids is 1. The SMILES string of the molecule is COC(CNC(=O)COc1cc2sc(C)nc2c2sccc12)c1ccccc1. The number of benzene rings is 2. The molecule has 5 nitrogen and oxygen atoms in total. The number of thiazole rings is 1. The van der Waals surface area contributed by atoms with Gasteiger partial charge in [0.15, 0.2) is 6.61 Å². The third-order valence-electron chi connectivity index (χ3n) is 4.47. The van der Waals surface area contributed by atoms with E-state index in [9.17, 15) is 4.79 Å². The third-order valence-corrected chi connectivity index (χ3v) is 6.31. The van der Waals surface area contributed by atoms with Crippen molar-refractivity contribution in [3.63, 3.8) is 0 Å². The normalized spacial score (nSPS) is 12.4. The molecular weight excluding hydrogens is 392 g/mol. The number of hydrogen-bond acceptors (Lipinski definition) is 6. The van der Waals surface area contributed by atoms with Crippen molar-refractivity contribution >= 4 is 48.9 Å². The van der Waals surface area contributed by atoms with Crippen LogP contribution in [0.5, 0.6) is 5.75 Å². The summed E-state index contributed by atoms with van der Waals surface area (Å²) in [5.74, 6) is 0.538. The number of carbonyl (C=O) groups is 1. The van der Waals surface area contributed by atoms with Gasteiger partial charge in [-0.25, -0.2) is 4.98 Å². The number of fused-ring (bicyclic) bond motifs is 3. The van der Waals surface area contributed by atoms with E-state index >= 15 is 0 Å². The van der Waals surface area contributed by atoms with E-state index in [1.807, 2.05) is 54.8 Å². The van der Waals surface area contributed by atoms with Gasteiger partial charge < -0.3 is 14.8 Å². The first-order chi connectivity index (χ1) is 13.7. The molecule has 1 unspecified atom stereocenters. The van der Waals surface area contributed by atoms with Crippen molar-refractivity contribution in [1.29, 1.82) is 0 Å². The van der Waals surface area contributed by atoms with Crippen molar-refractivity contribution in [1.82, 2.24) is 10.3 Å². The summed E-state index contributed by atoms with van der Waals surface area (Å²) in [5.41, 5.74) is 2.03. The summed E-state index contributed by atoms with van der Waals surface area (Å²) >= 11 is 3.27. The van der Waals surface area contributed by atoms with Crippen molar-refractivity contribution in [2.75, 3.05) is 20.3 Å². The molecule has 144 valence electrons. The van der Waals surface area contributed by atoms with Crippen LogP contribution >= 0.6 is 22.7 Å². The molecule has 2 heterocycles. The zero-order chi connectivity index (χ0) is 19.5. The highest BCUT2D eigenvalue weighted by Crippen LogP contribution is 2.38. The molecular formula is C21H20N2O3S2. The first-order valence-electron chi connectivity index (χ1n) is 8.90. The molecule has 0 bridgehead atoms.